The molecule has 1 heterocycles. The molecule has 19 heavy (non-hydrogen) atoms. The third-order valence-electron chi connectivity index (χ3n) is 2.56. The van der Waals surface area contributed by atoms with E-state index in [1.165, 1.54) is 18.2 Å². The lowest BCUT2D eigenvalue weighted by Gasteiger charge is -2.04. The number of benzene rings is 1. The average molecular weight is 260 g/mol. The summed E-state index contributed by atoms with van der Waals surface area (Å²) in [6.45, 7) is 1.99. The molecule has 0 radical (unpaired) electrons. The molecule has 0 atom stereocenters. The fourth-order valence-corrected chi connectivity index (χ4v) is 1.67. The van der Waals surface area contributed by atoms with E-state index in [4.69, 9.17) is 4.42 Å². The zero-order chi connectivity index (χ0) is 13.8. The SMILES string of the molecule is Cc1ccc(CNC(=O)c2ccccc2[N+](=O)[O-])o1. The molecule has 0 aliphatic heterocycles. The number of nitro benzene ring substituents is 1. The summed E-state index contributed by atoms with van der Waals surface area (Å²) in [6, 6.07) is 9.35. The minimum atomic E-state index is -0.577. The van der Waals surface area contributed by atoms with Crippen LogP contribution >= 0.6 is 0 Å². The molecule has 98 valence electrons. The van der Waals surface area contributed by atoms with Gasteiger partial charge in [-0.3, -0.25) is 14.9 Å². The molecule has 1 N–H and O–H groups in total. The molecule has 0 aliphatic rings. The molecular formula is C13H12N2O4. The van der Waals surface area contributed by atoms with Crippen LogP contribution < -0.4 is 5.32 Å². The Labute approximate surface area is 109 Å². The Balaban J connectivity index is 2.10. The van der Waals surface area contributed by atoms with E-state index in [0.717, 1.165) is 5.76 Å². The number of carbonyl (C=O) groups is 1. The molecule has 2 aromatic rings. The first-order valence-electron chi connectivity index (χ1n) is 5.65. The minimum absolute atomic E-state index is 0.0378. The van der Waals surface area contributed by atoms with Crippen molar-refractivity contribution >= 4 is 11.6 Å². The van der Waals surface area contributed by atoms with Crippen molar-refractivity contribution in [2.24, 2.45) is 0 Å². The third-order valence-corrected chi connectivity index (χ3v) is 2.56. The highest BCUT2D eigenvalue weighted by Gasteiger charge is 2.18. The van der Waals surface area contributed by atoms with Gasteiger partial charge in [0, 0.05) is 6.07 Å². The summed E-state index contributed by atoms with van der Waals surface area (Å²) in [5, 5.41) is 13.4. The lowest BCUT2D eigenvalue weighted by molar-refractivity contribution is -0.385. The van der Waals surface area contributed by atoms with Crippen LogP contribution in [0.5, 0.6) is 0 Å². The molecule has 1 aromatic carbocycles. The van der Waals surface area contributed by atoms with Gasteiger partial charge in [0.25, 0.3) is 11.6 Å². The Kier molecular flexibility index (Phi) is 3.61. The molecule has 1 aromatic heterocycles. The van der Waals surface area contributed by atoms with Crippen LogP contribution in [0, 0.1) is 17.0 Å². The van der Waals surface area contributed by atoms with E-state index in [9.17, 15) is 14.9 Å². The molecule has 0 saturated carbocycles. The van der Waals surface area contributed by atoms with E-state index in [1.54, 1.807) is 25.1 Å². The second-order valence-electron chi connectivity index (χ2n) is 3.97. The van der Waals surface area contributed by atoms with Crippen LogP contribution in [-0.2, 0) is 6.54 Å². The van der Waals surface area contributed by atoms with Gasteiger partial charge in [-0.1, -0.05) is 12.1 Å². The molecule has 1 amide bonds. The lowest BCUT2D eigenvalue weighted by Crippen LogP contribution is -2.23. The van der Waals surface area contributed by atoms with Gasteiger partial charge in [0.1, 0.15) is 17.1 Å². The quantitative estimate of drug-likeness (QED) is 0.675. The van der Waals surface area contributed by atoms with Gasteiger partial charge in [0.2, 0.25) is 0 Å². The molecule has 6 nitrogen and oxygen atoms in total. The normalized spacial score (nSPS) is 10.2. The smallest absolute Gasteiger partial charge is 0.282 e. The highest BCUT2D eigenvalue weighted by Crippen LogP contribution is 2.17. The molecule has 0 spiro atoms. The fraction of sp³-hybridized carbons (Fsp3) is 0.154. The van der Waals surface area contributed by atoms with Crippen molar-refractivity contribution in [3.8, 4) is 0 Å². The maximum absolute atomic E-state index is 11.9. The standard InChI is InChI=1S/C13H12N2O4/c1-9-6-7-10(19-9)8-14-13(16)11-4-2-3-5-12(11)15(17)18/h2-7H,8H2,1H3,(H,14,16). The van der Waals surface area contributed by atoms with Gasteiger partial charge >= 0.3 is 0 Å². The molecule has 0 aliphatic carbocycles. The monoisotopic (exact) mass is 260 g/mol. The van der Waals surface area contributed by atoms with Gasteiger partial charge in [0.15, 0.2) is 0 Å². The zero-order valence-corrected chi connectivity index (χ0v) is 10.3. The van der Waals surface area contributed by atoms with E-state index in [0.29, 0.717) is 5.76 Å². The molecule has 0 bridgehead atoms. The number of furan rings is 1. The molecule has 2 rings (SSSR count). The number of aryl methyl sites for hydroxylation is 1. The minimum Gasteiger partial charge on any atom is -0.465 e. The predicted octanol–water partition coefficient (Wildman–Crippen LogP) is 2.43. The molecule has 0 unspecified atom stereocenters. The van der Waals surface area contributed by atoms with Crippen LogP contribution in [0.3, 0.4) is 0 Å². The Bertz CT molecular complexity index is 619. The van der Waals surface area contributed by atoms with Crippen LogP contribution in [0.1, 0.15) is 21.9 Å². The van der Waals surface area contributed by atoms with E-state index in [1.807, 2.05) is 0 Å². The second kappa shape index (κ2) is 5.34. The van der Waals surface area contributed by atoms with Gasteiger partial charge in [-0.2, -0.15) is 0 Å². The largest absolute Gasteiger partial charge is 0.465 e. The summed E-state index contributed by atoms with van der Waals surface area (Å²) in [7, 11) is 0. The predicted molar refractivity (Wildman–Crippen MR) is 67.7 cm³/mol. The first-order valence-corrected chi connectivity index (χ1v) is 5.65. The average Bonchev–Trinajstić information content (AvgIpc) is 2.81. The number of rotatable bonds is 4. The molecule has 6 heteroatoms. The van der Waals surface area contributed by atoms with Crippen molar-refractivity contribution in [3.05, 3.63) is 63.6 Å². The van der Waals surface area contributed by atoms with Crippen LogP contribution in [0.2, 0.25) is 0 Å². The molecule has 0 fully saturated rings. The number of nitrogens with zero attached hydrogens (tertiary/aromatic N) is 1. The maximum atomic E-state index is 11.9. The summed E-state index contributed by atoms with van der Waals surface area (Å²) in [5.41, 5.74) is -0.175. The van der Waals surface area contributed by atoms with Crippen molar-refractivity contribution in [1.29, 1.82) is 0 Å². The van der Waals surface area contributed by atoms with E-state index >= 15 is 0 Å². The van der Waals surface area contributed by atoms with Crippen LogP contribution in [-0.4, -0.2) is 10.8 Å². The van der Waals surface area contributed by atoms with E-state index in [-0.39, 0.29) is 17.8 Å². The lowest BCUT2D eigenvalue weighted by atomic mass is 10.1. The maximum Gasteiger partial charge on any atom is 0.282 e. The van der Waals surface area contributed by atoms with Gasteiger partial charge in [-0.25, -0.2) is 0 Å². The number of hydrogen-bond donors (Lipinski definition) is 1. The summed E-state index contributed by atoms with van der Waals surface area (Å²) in [5.74, 6) is 0.848. The second-order valence-corrected chi connectivity index (χ2v) is 3.97. The van der Waals surface area contributed by atoms with E-state index in [2.05, 4.69) is 5.32 Å². The topological polar surface area (TPSA) is 85.4 Å². The van der Waals surface area contributed by atoms with Crippen molar-refractivity contribution in [3.63, 3.8) is 0 Å². The Morgan fingerprint density at radius 2 is 2.05 bits per heavy atom. The van der Waals surface area contributed by atoms with Gasteiger partial charge < -0.3 is 9.73 Å². The highest BCUT2D eigenvalue weighted by atomic mass is 16.6. The fourth-order valence-electron chi connectivity index (χ4n) is 1.67. The third kappa shape index (κ3) is 2.98. The van der Waals surface area contributed by atoms with E-state index < -0.39 is 10.8 Å². The number of carbonyl (C=O) groups excluding carboxylic acids is 1. The van der Waals surface area contributed by atoms with Crippen LogP contribution in [0.25, 0.3) is 0 Å². The molecule has 0 saturated heterocycles. The summed E-state index contributed by atoms with van der Waals surface area (Å²) >= 11 is 0. The van der Waals surface area contributed by atoms with Crippen molar-refractivity contribution < 1.29 is 14.1 Å². The van der Waals surface area contributed by atoms with Gasteiger partial charge in [-0.15, -0.1) is 0 Å². The molecular weight excluding hydrogens is 248 g/mol. The summed E-state index contributed by atoms with van der Waals surface area (Å²) < 4.78 is 5.30. The summed E-state index contributed by atoms with van der Waals surface area (Å²) in [4.78, 5) is 22.1. The number of amides is 1. The first kappa shape index (κ1) is 12.8. The van der Waals surface area contributed by atoms with Gasteiger partial charge in [0.05, 0.1) is 11.5 Å². The van der Waals surface area contributed by atoms with Crippen molar-refractivity contribution in [2.75, 3.05) is 0 Å². The number of hydrogen-bond acceptors (Lipinski definition) is 4. The Morgan fingerprint density at radius 3 is 2.68 bits per heavy atom. The summed E-state index contributed by atoms with van der Waals surface area (Å²) in [6.07, 6.45) is 0. The number of nitro groups is 1. The Hall–Kier alpha value is -2.63. The van der Waals surface area contributed by atoms with Crippen LogP contribution in [0.15, 0.2) is 40.8 Å². The zero-order valence-electron chi connectivity index (χ0n) is 10.3. The van der Waals surface area contributed by atoms with Crippen LogP contribution in [0.4, 0.5) is 5.69 Å². The highest BCUT2D eigenvalue weighted by molar-refractivity contribution is 5.98. The number of nitrogens with one attached hydrogen (secondary N) is 1. The first-order chi connectivity index (χ1) is 9.08. The Morgan fingerprint density at radius 1 is 1.32 bits per heavy atom. The van der Waals surface area contributed by atoms with Crippen molar-refractivity contribution in [1.82, 2.24) is 5.32 Å². The van der Waals surface area contributed by atoms with Crippen molar-refractivity contribution in [2.45, 2.75) is 13.5 Å². The van der Waals surface area contributed by atoms with Gasteiger partial charge in [-0.05, 0) is 25.1 Å². The number of para-hydroxylation sites is 1.